The van der Waals surface area contributed by atoms with Crippen LogP contribution in [0.4, 0.5) is 0 Å². The molecule has 5 heteroatoms. The van der Waals surface area contributed by atoms with Crippen molar-refractivity contribution in [2.24, 2.45) is 17.8 Å². The molecule has 2 aromatic heterocycles. The number of nitrogens with one attached hydrogen (secondary N) is 1. The Morgan fingerprint density at radius 2 is 2.15 bits per heavy atom. The fourth-order valence-corrected chi connectivity index (χ4v) is 8.93. The van der Waals surface area contributed by atoms with Crippen molar-refractivity contribution in [1.29, 1.82) is 0 Å². The summed E-state index contributed by atoms with van der Waals surface area (Å²) in [5.74, 6) is 3.37. The van der Waals surface area contributed by atoms with Gasteiger partial charge in [0.05, 0.1) is 5.03 Å². The van der Waals surface area contributed by atoms with Gasteiger partial charge in [-0.1, -0.05) is 6.07 Å². The van der Waals surface area contributed by atoms with Crippen molar-refractivity contribution in [1.82, 2.24) is 4.98 Å². The predicted molar refractivity (Wildman–Crippen MR) is 89.6 cm³/mol. The van der Waals surface area contributed by atoms with Crippen LogP contribution in [0.3, 0.4) is 0 Å². The zero-order valence-electron chi connectivity index (χ0n) is 10.9. The van der Waals surface area contributed by atoms with Crippen LogP contribution < -0.4 is 0 Å². The molecule has 5 atom stereocenters. The number of rotatable bonds is 1. The molecule has 1 aliphatic heterocycles. The molecule has 1 nitrogen and oxygen atoms in total. The van der Waals surface area contributed by atoms with E-state index in [1.807, 2.05) is 22.7 Å². The summed E-state index contributed by atoms with van der Waals surface area (Å²) in [7, 11) is 0. The van der Waals surface area contributed by atoms with E-state index in [0.29, 0.717) is 5.92 Å². The Kier molecular flexibility index (Phi) is 2.77. The number of aromatic amines is 1. The van der Waals surface area contributed by atoms with Gasteiger partial charge >= 0.3 is 0 Å². The molecule has 2 fully saturated rings. The molecule has 2 saturated carbocycles. The molecule has 0 saturated heterocycles. The highest BCUT2D eigenvalue weighted by atomic mass is 32.2. The van der Waals surface area contributed by atoms with Gasteiger partial charge in [-0.05, 0) is 60.7 Å². The van der Waals surface area contributed by atoms with Gasteiger partial charge in [-0.25, -0.2) is 0 Å². The largest absolute Gasteiger partial charge is 0.332 e. The fourth-order valence-electron chi connectivity index (χ4n) is 4.64. The Labute approximate surface area is 135 Å². The molecule has 5 rings (SSSR count). The molecule has 0 aromatic carbocycles. The lowest BCUT2D eigenvalue weighted by Crippen LogP contribution is -2.33. The molecule has 5 unspecified atom stereocenters. The summed E-state index contributed by atoms with van der Waals surface area (Å²) in [6, 6.07) is 4.54. The molecular weight excluding hydrogens is 322 g/mol. The monoisotopic (exact) mass is 337 g/mol. The van der Waals surface area contributed by atoms with Crippen LogP contribution in [0.15, 0.2) is 22.5 Å². The standard InChI is InChI=1S/C15H15NS4/c17-15-16-14-13(20-15)11(9-2-1-5-18-9)10-7-3-4-8(6-7)12(10)19-14/h1-2,5,7-8,10-12H,3-4,6H2,(H,16,17). The van der Waals surface area contributed by atoms with Gasteiger partial charge in [-0.15, -0.1) is 34.4 Å². The maximum absolute atomic E-state index is 5.42. The quantitative estimate of drug-likeness (QED) is 0.690. The molecule has 0 radical (unpaired) electrons. The van der Waals surface area contributed by atoms with Crippen LogP contribution >= 0.6 is 46.7 Å². The van der Waals surface area contributed by atoms with Crippen LogP contribution in [0, 0.1) is 21.7 Å². The average molecular weight is 338 g/mol. The molecule has 0 amide bonds. The minimum atomic E-state index is 0.615. The molecule has 20 heavy (non-hydrogen) atoms. The first-order valence-electron chi connectivity index (χ1n) is 7.24. The van der Waals surface area contributed by atoms with Crippen molar-refractivity contribution in [3.05, 3.63) is 31.2 Å². The van der Waals surface area contributed by atoms with Gasteiger partial charge in [-0.2, -0.15) is 0 Å². The van der Waals surface area contributed by atoms with Crippen LogP contribution in [0.5, 0.6) is 0 Å². The van der Waals surface area contributed by atoms with Gasteiger partial charge in [0.25, 0.3) is 0 Å². The van der Waals surface area contributed by atoms with Crippen LogP contribution in [0.25, 0.3) is 0 Å². The third kappa shape index (κ3) is 1.64. The van der Waals surface area contributed by atoms with Gasteiger partial charge in [-0.3, -0.25) is 0 Å². The summed E-state index contributed by atoms with van der Waals surface area (Å²) in [5.41, 5.74) is 0. The summed E-state index contributed by atoms with van der Waals surface area (Å²) in [4.78, 5) is 6.54. The smallest absolute Gasteiger partial charge is 0.159 e. The number of aromatic nitrogens is 1. The minimum absolute atomic E-state index is 0.615. The zero-order valence-corrected chi connectivity index (χ0v) is 14.1. The van der Waals surface area contributed by atoms with Crippen molar-refractivity contribution in [2.45, 2.75) is 35.5 Å². The van der Waals surface area contributed by atoms with Crippen molar-refractivity contribution in [3.63, 3.8) is 0 Å². The summed E-state index contributed by atoms with van der Waals surface area (Å²) < 4.78 is 0.955. The molecule has 0 spiro atoms. The van der Waals surface area contributed by atoms with Crippen molar-refractivity contribution < 1.29 is 0 Å². The lowest BCUT2D eigenvalue weighted by molar-refractivity contribution is 0.310. The Morgan fingerprint density at radius 3 is 3.00 bits per heavy atom. The van der Waals surface area contributed by atoms with Crippen molar-refractivity contribution in [2.75, 3.05) is 0 Å². The van der Waals surface area contributed by atoms with Gasteiger partial charge < -0.3 is 4.98 Å². The summed E-state index contributed by atoms with van der Waals surface area (Å²) in [6.07, 6.45) is 4.38. The van der Waals surface area contributed by atoms with Crippen molar-refractivity contribution >= 4 is 46.7 Å². The normalized spacial score (nSPS) is 37.9. The lowest BCUT2D eigenvalue weighted by atomic mass is 9.77. The van der Waals surface area contributed by atoms with E-state index in [4.69, 9.17) is 12.2 Å². The maximum Gasteiger partial charge on any atom is 0.159 e. The number of thiophene rings is 1. The van der Waals surface area contributed by atoms with E-state index in [9.17, 15) is 0 Å². The number of H-pyrrole nitrogens is 1. The molecule has 2 aromatic rings. The van der Waals surface area contributed by atoms with Gasteiger partial charge in [0, 0.05) is 20.9 Å². The van der Waals surface area contributed by atoms with E-state index in [1.165, 1.54) is 29.2 Å². The number of thiazole rings is 1. The van der Waals surface area contributed by atoms with E-state index < -0.39 is 0 Å². The second kappa shape index (κ2) is 4.45. The highest BCUT2D eigenvalue weighted by molar-refractivity contribution is 8.00. The number of hydrogen-bond donors (Lipinski definition) is 1. The van der Waals surface area contributed by atoms with E-state index in [2.05, 4.69) is 34.3 Å². The van der Waals surface area contributed by atoms with E-state index in [1.54, 1.807) is 4.88 Å². The van der Waals surface area contributed by atoms with E-state index in [-0.39, 0.29) is 0 Å². The van der Waals surface area contributed by atoms with Gasteiger partial charge in [0.15, 0.2) is 3.95 Å². The Hall–Kier alpha value is -0.100. The predicted octanol–water partition coefficient (Wildman–Crippen LogP) is 5.52. The molecule has 3 aliphatic rings. The Morgan fingerprint density at radius 1 is 1.25 bits per heavy atom. The van der Waals surface area contributed by atoms with Gasteiger partial charge in [0.2, 0.25) is 0 Å². The van der Waals surface area contributed by atoms with Crippen LogP contribution in [-0.4, -0.2) is 10.2 Å². The topological polar surface area (TPSA) is 15.8 Å². The molecule has 1 N–H and O–H groups in total. The second-order valence-electron chi connectivity index (χ2n) is 6.19. The van der Waals surface area contributed by atoms with Gasteiger partial charge in [0.1, 0.15) is 0 Å². The summed E-state index contributed by atoms with van der Waals surface area (Å²) in [5, 5.41) is 4.44. The Bertz CT molecular complexity index is 698. The molecule has 3 heterocycles. The zero-order chi connectivity index (χ0) is 13.3. The van der Waals surface area contributed by atoms with Crippen LogP contribution in [0.1, 0.15) is 34.9 Å². The fraction of sp³-hybridized carbons (Fsp3) is 0.533. The molecule has 104 valence electrons. The summed E-state index contributed by atoms with van der Waals surface area (Å²) >= 11 is 11.3. The first-order chi connectivity index (χ1) is 9.81. The third-order valence-corrected chi connectivity index (χ3v) is 9.25. The highest BCUT2D eigenvalue weighted by Crippen LogP contribution is 2.64. The SMILES string of the molecule is S=c1[nH]c2c(s1)C(c1cccs1)C1C3CCC(C3)C1S2. The van der Waals surface area contributed by atoms with Crippen molar-refractivity contribution in [3.8, 4) is 0 Å². The molecular formula is C15H15NS4. The second-order valence-corrected chi connectivity index (χ2v) is 10.1. The first-order valence-corrected chi connectivity index (χ1v) is 10.2. The highest BCUT2D eigenvalue weighted by Gasteiger charge is 2.54. The Balaban J connectivity index is 1.71. The van der Waals surface area contributed by atoms with E-state index in [0.717, 1.165) is 27.0 Å². The van der Waals surface area contributed by atoms with Crippen LogP contribution in [-0.2, 0) is 0 Å². The maximum atomic E-state index is 5.42. The number of hydrogen-bond acceptors (Lipinski definition) is 4. The third-order valence-electron chi connectivity index (χ3n) is 5.32. The molecule has 2 bridgehead atoms. The number of thioether (sulfide) groups is 1. The minimum Gasteiger partial charge on any atom is -0.332 e. The van der Waals surface area contributed by atoms with Crippen LogP contribution in [0.2, 0.25) is 0 Å². The first kappa shape index (κ1) is 12.4. The lowest BCUT2D eigenvalue weighted by Gasteiger charge is -2.39. The average Bonchev–Trinajstić information content (AvgIpc) is 3.19. The molecule has 2 aliphatic carbocycles. The van der Waals surface area contributed by atoms with E-state index >= 15 is 0 Å². The number of fused-ring (bicyclic) bond motifs is 6. The summed E-state index contributed by atoms with van der Waals surface area (Å²) in [6.45, 7) is 0.